The minimum absolute atomic E-state index is 0. The van der Waals surface area contributed by atoms with Crippen molar-refractivity contribution in [2.45, 2.75) is 62.8 Å². The van der Waals surface area contributed by atoms with E-state index in [1.54, 1.807) is 0 Å². The normalized spacial score (nSPS) is 50.3. The van der Waals surface area contributed by atoms with Gasteiger partial charge in [0.1, 0.15) is 0 Å². The molecule has 2 aliphatic carbocycles. The fraction of sp³-hybridized carbons (Fsp3) is 0.929. The molecular formula is C14H23ClN2O2. The third kappa shape index (κ3) is 2.08. The molecule has 2 heterocycles. The highest BCUT2D eigenvalue weighted by Gasteiger charge is 2.50. The molecule has 0 aromatic heterocycles. The van der Waals surface area contributed by atoms with E-state index in [4.69, 9.17) is 10.5 Å². The van der Waals surface area contributed by atoms with E-state index in [-0.39, 0.29) is 42.4 Å². The summed E-state index contributed by atoms with van der Waals surface area (Å²) >= 11 is 0. The number of amides is 1. The molecule has 0 aromatic rings. The third-order valence-electron chi connectivity index (χ3n) is 5.72. The lowest BCUT2D eigenvalue weighted by atomic mass is 9.84. The number of ether oxygens (including phenoxy) is 1. The van der Waals surface area contributed by atoms with Gasteiger partial charge in [-0.2, -0.15) is 0 Å². The maximum atomic E-state index is 12.4. The zero-order valence-electron chi connectivity index (χ0n) is 11.1. The van der Waals surface area contributed by atoms with E-state index in [1.807, 2.05) is 0 Å². The van der Waals surface area contributed by atoms with Gasteiger partial charge in [0.15, 0.2) is 0 Å². The van der Waals surface area contributed by atoms with E-state index in [0.29, 0.717) is 17.9 Å². The Hall–Kier alpha value is -0.320. The van der Waals surface area contributed by atoms with Crippen LogP contribution < -0.4 is 11.1 Å². The van der Waals surface area contributed by atoms with Crippen molar-refractivity contribution in [2.75, 3.05) is 0 Å². The molecule has 2 saturated heterocycles. The molecule has 4 bridgehead atoms. The fourth-order valence-electron chi connectivity index (χ4n) is 4.79. The van der Waals surface area contributed by atoms with Gasteiger partial charge in [-0.3, -0.25) is 4.79 Å². The van der Waals surface area contributed by atoms with Crippen LogP contribution in [0.2, 0.25) is 0 Å². The molecule has 0 aromatic carbocycles. The minimum Gasteiger partial charge on any atom is -0.373 e. The molecule has 2 saturated carbocycles. The van der Waals surface area contributed by atoms with Gasteiger partial charge in [-0.25, -0.2) is 0 Å². The Bertz CT molecular complexity index is 376. The molecule has 1 amide bonds. The summed E-state index contributed by atoms with van der Waals surface area (Å²) in [6, 6.07) is 0.353. The second-order valence-corrected chi connectivity index (χ2v) is 6.66. The van der Waals surface area contributed by atoms with Crippen LogP contribution in [0.15, 0.2) is 0 Å². The first kappa shape index (κ1) is 13.7. The molecule has 0 spiro atoms. The lowest BCUT2D eigenvalue weighted by Crippen LogP contribution is -2.50. The molecule has 19 heavy (non-hydrogen) atoms. The first-order valence-electron chi connectivity index (χ1n) is 7.44. The summed E-state index contributed by atoms with van der Waals surface area (Å²) in [4.78, 5) is 12.4. The second-order valence-electron chi connectivity index (χ2n) is 6.66. The van der Waals surface area contributed by atoms with E-state index in [9.17, 15) is 4.79 Å². The van der Waals surface area contributed by atoms with E-state index in [2.05, 4.69) is 5.32 Å². The average Bonchev–Trinajstić information content (AvgIpc) is 3.07. The molecule has 5 heteroatoms. The van der Waals surface area contributed by atoms with Gasteiger partial charge in [0.25, 0.3) is 0 Å². The molecule has 108 valence electrons. The van der Waals surface area contributed by atoms with Crippen LogP contribution in [-0.4, -0.2) is 30.2 Å². The van der Waals surface area contributed by atoms with Crippen LogP contribution in [0.4, 0.5) is 0 Å². The minimum atomic E-state index is 0. The Labute approximate surface area is 120 Å². The van der Waals surface area contributed by atoms with Crippen molar-refractivity contribution in [2.24, 2.45) is 23.5 Å². The summed E-state index contributed by atoms with van der Waals surface area (Å²) in [7, 11) is 0. The number of hydrogen-bond donors (Lipinski definition) is 2. The maximum absolute atomic E-state index is 12.4. The van der Waals surface area contributed by atoms with Crippen molar-refractivity contribution in [3.8, 4) is 0 Å². The van der Waals surface area contributed by atoms with Gasteiger partial charge >= 0.3 is 0 Å². The lowest BCUT2D eigenvalue weighted by Gasteiger charge is -2.29. The van der Waals surface area contributed by atoms with Crippen molar-refractivity contribution in [1.82, 2.24) is 5.32 Å². The van der Waals surface area contributed by atoms with Crippen molar-refractivity contribution >= 4 is 18.3 Å². The standard InChI is InChI=1S/C14H22N2O2.ClH/c15-13-8-2-1-7(5-8)12(13)14(17)16-10-6-9-3-4-11(10)18-9;/h7-13H,1-6,15H2,(H,16,17);1H. The van der Waals surface area contributed by atoms with E-state index in [0.717, 1.165) is 12.8 Å². The van der Waals surface area contributed by atoms with Gasteiger partial charge in [0.05, 0.1) is 24.2 Å². The van der Waals surface area contributed by atoms with Gasteiger partial charge in [-0.05, 0) is 50.4 Å². The molecular weight excluding hydrogens is 264 g/mol. The summed E-state index contributed by atoms with van der Waals surface area (Å²) in [5.41, 5.74) is 6.22. The van der Waals surface area contributed by atoms with E-state index >= 15 is 0 Å². The molecule has 4 fully saturated rings. The topological polar surface area (TPSA) is 64.4 Å². The molecule has 7 atom stereocenters. The first-order chi connectivity index (χ1) is 8.72. The monoisotopic (exact) mass is 286 g/mol. The van der Waals surface area contributed by atoms with Gasteiger partial charge < -0.3 is 15.8 Å². The number of nitrogens with two attached hydrogens (primary N) is 1. The number of carbonyl (C=O) groups excluding carboxylic acids is 1. The smallest absolute Gasteiger partial charge is 0.225 e. The van der Waals surface area contributed by atoms with E-state index < -0.39 is 0 Å². The molecule has 4 nitrogen and oxygen atoms in total. The molecule has 4 aliphatic rings. The highest BCUT2D eigenvalue weighted by Crippen LogP contribution is 2.48. The Balaban J connectivity index is 0.00000110. The van der Waals surface area contributed by atoms with Gasteiger partial charge in [0, 0.05) is 6.04 Å². The van der Waals surface area contributed by atoms with Crippen LogP contribution in [0, 0.1) is 17.8 Å². The maximum Gasteiger partial charge on any atom is 0.225 e. The predicted molar refractivity (Wildman–Crippen MR) is 74.0 cm³/mol. The van der Waals surface area contributed by atoms with Crippen LogP contribution in [0.5, 0.6) is 0 Å². The van der Waals surface area contributed by atoms with Crippen LogP contribution in [0.25, 0.3) is 0 Å². The highest BCUT2D eigenvalue weighted by molar-refractivity contribution is 5.85. The Morgan fingerprint density at radius 3 is 2.47 bits per heavy atom. The number of fused-ring (bicyclic) bond motifs is 4. The zero-order valence-corrected chi connectivity index (χ0v) is 11.9. The van der Waals surface area contributed by atoms with Crippen LogP contribution in [0.3, 0.4) is 0 Å². The van der Waals surface area contributed by atoms with Crippen molar-refractivity contribution in [3.05, 3.63) is 0 Å². The summed E-state index contributed by atoms with van der Waals surface area (Å²) in [5, 5.41) is 3.22. The van der Waals surface area contributed by atoms with Gasteiger partial charge in [0.2, 0.25) is 5.91 Å². The number of nitrogens with one attached hydrogen (secondary N) is 1. The molecule has 0 radical (unpaired) electrons. The van der Waals surface area contributed by atoms with Gasteiger partial charge in [-0.1, -0.05) is 0 Å². The number of rotatable bonds is 2. The predicted octanol–water partition coefficient (Wildman–Crippen LogP) is 1.22. The van der Waals surface area contributed by atoms with Crippen molar-refractivity contribution in [1.29, 1.82) is 0 Å². The quantitative estimate of drug-likeness (QED) is 0.802. The number of hydrogen-bond acceptors (Lipinski definition) is 3. The molecule has 2 aliphatic heterocycles. The lowest BCUT2D eigenvalue weighted by molar-refractivity contribution is -0.128. The van der Waals surface area contributed by atoms with E-state index in [1.165, 1.54) is 25.7 Å². The Kier molecular flexibility index (Phi) is 3.52. The number of halogens is 1. The highest BCUT2D eigenvalue weighted by atomic mass is 35.5. The summed E-state index contributed by atoms with van der Waals surface area (Å²) in [6.45, 7) is 0. The summed E-state index contributed by atoms with van der Waals surface area (Å²) in [5.74, 6) is 1.42. The average molecular weight is 287 g/mol. The van der Waals surface area contributed by atoms with Crippen LogP contribution in [0.1, 0.15) is 38.5 Å². The Morgan fingerprint density at radius 1 is 1.11 bits per heavy atom. The summed E-state index contributed by atoms with van der Waals surface area (Å²) in [6.07, 6.45) is 7.56. The number of carbonyl (C=O) groups is 1. The largest absolute Gasteiger partial charge is 0.373 e. The SMILES string of the molecule is Cl.NC1C2CCC(C2)C1C(=O)NC1CC2CCC1O2. The third-order valence-corrected chi connectivity index (χ3v) is 5.72. The van der Waals surface area contributed by atoms with Gasteiger partial charge in [-0.15, -0.1) is 12.4 Å². The molecule has 7 unspecified atom stereocenters. The fourth-order valence-corrected chi connectivity index (χ4v) is 4.79. The first-order valence-corrected chi connectivity index (χ1v) is 7.44. The molecule has 3 N–H and O–H groups in total. The Morgan fingerprint density at radius 2 is 1.89 bits per heavy atom. The van der Waals surface area contributed by atoms with Crippen molar-refractivity contribution < 1.29 is 9.53 Å². The van der Waals surface area contributed by atoms with Crippen molar-refractivity contribution in [3.63, 3.8) is 0 Å². The van der Waals surface area contributed by atoms with Crippen LogP contribution in [-0.2, 0) is 9.53 Å². The summed E-state index contributed by atoms with van der Waals surface area (Å²) < 4.78 is 5.79. The zero-order chi connectivity index (χ0) is 12.3. The molecule has 4 rings (SSSR count). The van der Waals surface area contributed by atoms with Crippen LogP contribution >= 0.6 is 12.4 Å². The second kappa shape index (κ2) is 4.90.